The quantitative estimate of drug-likeness (QED) is 0.778. The molecule has 3 N–H and O–H groups in total. The van der Waals surface area contributed by atoms with Crippen molar-refractivity contribution in [3.05, 3.63) is 16.1 Å². The number of thiazole rings is 1. The zero-order valence-corrected chi connectivity index (χ0v) is 9.92. The molecule has 2 rings (SSSR count). The summed E-state index contributed by atoms with van der Waals surface area (Å²) < 4.78 is 0. The Morgan fingerprint density at radius 3 is 2.50 bits per heavy atom. The summed E-state index contributed by atoms with van der Waals surface area (Å²) in [5, 5.41) is 11.2. The first-order valence-corrected chi connectivity index (χ1v) is 6.48. The molecule has 0 unspecified atom stereocenters. The van der Waals surface area contributed by atoms with E-state index < -0.39 is 11.5 Å². The molecule has 1 aromatic rings. The topological polar surface area (TPSA) is 76.2 Å². The summed E-state index contributed by atoms with van der Waals surface area (Å²) in [5.41, 5.74) is 6.07. The molecule has 0 atom stereocenters. The van der Waals surface area contributed by atoms with Crippen LogP contribution in [-0.4, -0.2) is 16.1 Å². The van der Waals surface area contributed by atoms with Crippen molar-refractivity contribution in [1.82, 2.24) is 4.98 Å². The number of carboxylic acids is 1. The van der Waals surface area contributed by atoms with Crippen LogP contribution in [0.25, 0.3) is 0 Å². The van der Waals surface area contributed by atoms with Gasteiger partial charge in [-0.1, -0.05) is 25.7 Å². The first-order chi connectivity index (χ1) is 7.62. The summed E-state index contributed by atoms with van der Waals surface area (Å²) in [6, 6.07) is 0. The molecule has 88 valence electrons. The van der Waals surface area contributed by atoms with E-state index in [-0.39, 0.29) is 5.69 Å². The molecule has 0 spiro atoms. The minimum Gasteiger partial charge on any atom is -0.476 e. The van der Waals surface area contributed by atoms with Crippen molar-refractivity contribution in [1.29, 1.82) is 0 Å². The van der Waals surface area contributed by atoms with Crippen LogP contribution < -0.4 is 5.73 Å². The van der Waals surface area contributed by atoms with E-state index in [1.54, 1.807) is 5.38 Å². The lowest BCUT2D eigenvalue weighted by Crippen LogP contribution is -2.36. The number of nitrogens with two attached hydrogens (primary N) is 1. The van der Waals surface area contributed by atoms with Gasteiger partial charge in [0.1, 0.15) is 5.01 Å². The Hall–Kier alpha value is -0.940. The molecule has 0 bridgehead atoms. The van der Waals surface area contributed by atoms with Crippen molar-refractivity contribution >= 4 is 17.3 Å². The van der Waals surface area contributed by atoms with E-state index >= 15 is 0 Å². The molecule has 1 saturated carbocycles. The third-order valence-corrected chi connectivity index (χ3v) is 4.21. The van der Waals surface area contributed by atoms with Gasteiger partial charge < -0.3 is 10.8 Å². The Morgan fingerprint density at radius 1 is 1.38 bits per heavy atom. The highest BCUT2D eigenvalue weighted by atomic mass is 32.1. The Bertz CT molecular complexity index is 381. The summed E-state index contributed by atoms with van der Waals surface area (Å²) in [6.07, 6.45) is 6.49. The lowest BCUT2D eigenvalue weighted by molar-refractivity contribution is 0.0691. The molecule has 1 fully saturated rings. The van der Waals surface area contributed by atoms with Gasteiger partial charge in [-0.05, 0) is 12.8 Å². The molecule has 0 saturated heterocycles. The van der Waals surface area contributed by atoms with E-state index in [4.69, 9.17) is 10.8 Å². The first-order valence-electron chi connectivity index (χ1n) is 5.60. The molecule has 1 aliphatic carbocycles. The van der Waals surface area contributed by atoms with Crippen molar-refractivity contribution in [3.8, 4) is 0 Å². The predicted molar refractivity (Wildman–Crippen MR) is 62.6 cm³/mol. The van der Waals surface area contributed by atoms with Gasteiger partial charge in [0, 0.05) is 5.38 Å². The molecule has 1 heterocycles. The van der Waals surface area contributed by atoms with Crippen molar-refractivity contribution < 1.29 is 9.90 Å². The maximum atomic E-state index is 10.8. The summed E-state index contributed by atoms with van der Waals surface area (Å²) in [7, 11) is 0. The molecular weight excluding hydrogens is 224 g/mol. The fraction of sp³-hybridized carbons (Fsp3) is 0.636. The van der Waals surface area contributed by atoms with E-state index in [0.717, 1.165) is 30.7 Å². The van der Waals surface area contributed by atoms with Crippen LogP contribution in [0.1, 0.15) is 54.0 Å². The van der Waals surface area contributed by atoms with Crippen molar-refractivity contribution in [2.45, 2.75) is 44.1 Å². The van der Waals surface area contributed by atoms with Gasteiger partial charge in [0.15, 0.2) is 5.69 Å². The minimum atomic E-state index is -0.972. The highest BCUT2D eigenvalue weighted by Crippen LogP contribution is 2.35. The Balaban J connectivity index is 2.23. The largest absolute Gasteiger partial charge is 0.476 e. The van der Waals surface area contributed by atoms with E-state index in [1.165, 1.54) is 24.2 Å². The highest BCUT2D eigenvalue weighted by molar-refractivity contribution is 7.10. The molecule has 0 aliphatic heterocycles. The number of hydrogen-bond acceptors (Lipinski definition) is 4. The van der Waals surface area contributed by atoms with Crippen LogP contribution in [0.4, 0.5) is 0 Å². The SMILES string of the molecule is NC1(c2nc(C(=O)O)cs2)CCCCCC1. The van der Waals surface area contributed by atoms with Crippen LogP contribution in [0.3, 0.4) is 0 Å². The van der Waals surface area contributed by atoms with E-state index in [1.807, 2.05) is 0 Å². The molecule has 0 radical (unpaired) electrons. The Labute approximate surface area is 98.5 Å². The molecule has 1 aromatic heterocycles. The van der Waals surface area contributed by atoms with Gasteiger partial charge in [-0.15, -0.1) is 11.3 Å². The van der Waals surface area contributed by atoms with Gasteiger partial charge in [-0.3, -0.25) is 0 Å². The van der Waals surface area contributed by atoms with Gasteiger partial charge in [0.25, 0.3) is 0 Å². The van der Waals surface area contributed by atoms with Gasteiger partial charge in [-0.25, -0.2) is 9.78 Å². The zero-order chi connectivity index (χ0) is 11.6. The minimum absolute atomic E-state index is 0.120. The number of nitrogens with zero attached hydrogens (tertiary/aromatic N) is 1. The van der Waals surface area contributed by atoms with Gasteiger partial charge in [0.2, 0.25) is 0 Å². The molecule has 16 heavy (non-hydrogen) atoms. The third-order valence-electron chi connectivity index (χ3n) is 3.15. The average molecular weight is 240 g/mol. The summed E-state index contributed by atoms with van der Waals surface area (Å²) in [6.45, 7) is 0. The second-order valence-corrected chi connectivity index (χ2v) is 5.27. The zero-order valence-electron chi connectivity index (χ0n) is 9.11. The standard InChI is InChI=1S/C11H16N2O2S/c12-11(5-3-1-2-4-6-11)10-13-8(7-16-10)9(14)15/h7H,1-6,12H2,(H,14,15). The van der Waals surface area contributed by atoms with Crippen LogP contribution in [0.5, 0.6) is 0 Å². The van der Waals surface area contributed by atoms with Crippen LogP contribution >= 0.6 is 11.3 Å². The molecule has 5 heteroatoms. The Kier molecular flexibility index (Phi) is 3.25. The highest BCUT2D eigenvalue weighted by Gasteiger charge is 2.31. The van der Waals surface area contributed by atoms with Gasteiger partial charge >= 0.3 is 5.97 Å². The maximum Gasteiger partial charge on any atom is 0.355 e. The number of rotatable bonds is 2. The summed E-state index contributed by atoms with van der Waals surface area (Å²) in [5.74, 6) is -0.972. The van der Waals surface area contributed by atoms with Crippen molar-refractivity contribution in [2.24, 2.45) is 5.73 Å². The van der Waals surface area contributed by atoms with Crippen molar-refractivity contribution in [2.75, 3.05) is 0 Å². The number of carboxylic acid groups (broad SMARTS) is 1. The number of aromatic nitrogens is 1. The van der Waals surface area contributed by atoms with Crippen LogP contribution in [0, 0.1) is 0 Å². The lowest BCUT2D eigenvalue weighted by Gasteiger charge is -2.25. The molecule has 1 aliphatic rings. The summed E-state index contributed by atoms with van der Waals surface area (Å²) in [4.78, 5) is 14.9. The van der Waals surface area contributed by atoms with Crippen LogP contribution in [0.15, 0.2) is 5.38 Å². The smallest absolute Gasteiger partial charge is 0.355 e. The fourth-order valence-corrected chi connectivity index (χ4v) is 3.14. The lowest BCUT2D eigenvalue weighted by atomic mass is 9.92. The molecule has 4 nitrogen and oxygen atoms in total. The molecule has 0 amide bonds. The van der Waals surface area contributed by atoms with Crippen LogP contribution in [-0.2, 0) is 5.54 Å². The predicted octanol–water partition coefficient (Wildman–Crippen LogP) is 2.35. The monoisotopic (exact) mass is 240 g/mol. The normalized spacial score (nSPS) is 20.3. The second-order valence-electron chi connectivity index (χ2n) is 4.41. The molecule has 0 aromatic carbocycles. The van der Waals surface area contributed by atoms with E-state index in [0.29, 0.717) is 0 Å². The van der Waals surface area contributed by atoms with E-state index in [9.17, 15) is 4.79 Å². The number of aromatic carboxylic acids is 1. The maximum absolute atomic E-state index is 10.8. The fourth-order valence-electron chi connectivity index (χ4n) is 2.17. The Morgan fingerprint density at radius 2 is 2.00 bits per heavy atom. The molecular formula is C11H16N2O2S. The number of carbonyl (C=O) groups is 1. The first kappa shape index (κ1) is 11.5. The average Bonchev–Trinajstić information content (AvgIpc) is 2.64. The van der Waals surface area contributed by atoms with Gasteiger partial charge in [-0.2, -0.15) is 0 Å². The van der Waals surface area contributed by atoms with Crippen LogP contribution in [0.2, 0.25) is 0 Å². The van der Waals surface area contributed by atoms with Gasteiger partial charge in [0.05, 0.1) is 5.54 Å². The van der Waals surface area contributed by atoms with E-state index in [2.05, 4.69) is 4.98 Å². The second kappa shape index (κ2) is 4.51. The summed E-state index contributed by atoms with van der Waals surface area (Å²) >= 11 is 1.38. The van der Waals surface area contributed by atoms with Crippen molar-refractivity contribution in [3.63, 3.8) is 0 Å². The number of hydrogen-bond donors (Lipinski definition) is 2. The third kappa shape index (κ3) is 2.25.